The predicted octanol–water partition coefficient (Wildman–Crippen LogP) is 2.38. The van der Waals surface area contributed by atoms with Crippen LogP contribution in [0.2, 0.25) is 0 Å². The van der Waals surface area contributed by atoms with Crippen molar-refractivity contribution in [1.29, 1.82) is 0 Å². The summed E-state index contributed by atoms with van der Waals surface area (Å²) in [6.45, 7) is 7.31. The van der Waals surface area contributed by atoms with E-state index < -0.39 is 5.54 Å². The van der Waals surface area contributed by atoms with Crippen LogP contribution in [0.5, 0.6) is 0 Å². The zero-order valence-corrected chi connectivity index (χ0v) is 11.3. The summed E-state index contributed by atoms with van der Waals surface area (Å²) in [6.07, 6.45) is 0. The summed E-state index contributed by atoms with van der Waals surface area (Å²) in [5.41, 5.74) is 5.71. The number of halogens is 1. The van der Waals surface area contributed by atoms with Crippen molar-refractivity contribution in [2.45, 2.75) is 39.3 Å². The van der Waals surface area contributed by atoms with Crippen molar-refractivity contribution in [2.24, 2.45) is 11.7 Å². The highest BCUT2D eigenvalue weighted by atomic mass is 19.1. The molecule has 1 unspecified atom stereocenters. The summed E-state index contributed by atoms with van der Waals surface area (Å²) < 4.78 is 12.9. The summed E-state index contributed by atoms with van der Waals surface area (Å²) in [5, 5.41) is 2.91. The molecule has 100 valence electrons. The molecule has 0 saturated carbocycles. The van der Waals surface area contributed by atoms with E-state index in [9.17, 15) is 9.18 Å². The lowest BCUT2D eigenvalue weighted by Crippen LogP contribution is -2.50. The number of amides is 1. The number of rotatable bonds is 4. The lowest BCUT2D eigenvalue weighted by atomic mass is 9.94. The van der Waals surface area contributed by atoms with Crippen LogP contribution in [-0.2, 0) is 4.79 Å². The smallest absolute Gasteiger partial charge is 0.239 e. The number of nitrogens with two attached hydrogens (primary N) is 1. The molecule has 0 saturated heterocycles. The van der Waals surface area contributed by atoms with Gasteiger partial charge in [-0.25, -0.2) is 4.39 Å². The van der Waals surface area contributed by atoms with E-state index in [2.05, 4.69) is 5.32 Å². The Bertz CT molecular complexity index is 407. The second kappa shape index (κ2) is 5.48. The average Bonchev–Trinajstić information content (AvgIpc) is 2.25. The highest BCUT2D eigenvalue weighted by Gasteiger charge is 2.26. The van der Waals surface area contributed by atoms with Gasteiger partial charge in [0.25, 0.3) is 0 Å². The van der Waals surface area contributed by atoms with E-state index in [1.165, 1.54) is 12.1 Å². The molecule has 0 fully saturated rings. The molecule has 3 nitrogen and oxygen atoms in total. The van der Waals surface area contributed by atoms with Crippen molar-refractivity contribution in [3.8, 4) is 0 Å². The fourth-order valence-corrected chi connectivity index (χ4v) is 1.63. The van der Waals surface area contributed by atoms with Gasteiger partial charge in [-0.2, -0.15) is 0 Å². The molecule has 0 radical (unpaired) electrons. The van der Waals surface area contributed by atoms with Crippen molar-refractivity contribution < 1.29 is 9.18 Å². The Balaban J connectivity index is 2.91. The van der Waals surface area contributed by atoms with Crippen LogP contribution in [0.3, 0.4) is 0 Å². The maximum Gasteiger partial charge on any atom is 0.239 e. The van der Waals surface area contributed by atoms with E-state index in [0.717, 1.165) is 5.56 Å². The van der Waals surface area contributed by atoms with Crippen LogP contribution >= 0.6 is 0 Å². The topological polar surface area (TPSA) is 55.1 Å². The van der Waals surface area contributed by atoms with E-state index in [-0.39, 0.29) is 23.7 Å². The Hall–Kier alpha value is -1.42. The van der Waals surface area contributed by atoms with Crippen molar-refractivity contribution in [3.05, 3.63) is 35.6 Å². The average molecular weight is 252 g/mol. The third kappa shape index (κ3) is 3.81. The van der Waals surface area contributed by atoms with Gasteiger partial charge >= 0.3 is 0 Å². The van der Waals surface area contributed by atoms with Crippen molar-refractivity contribution in [1.82, 2.24) is 5.32 Å². The second-order valence-electron chi connectivity index (χ2n) is 5.47. The van der Waals surface area contributed by atoms with Crippen molar-refractivity contribution in [2.75, 3.05) is 0 Å². The highest BCUT2D eigenvalue weighted by Crippen LogP contribution is 2.22. The lowest BCUT2D eigenvalue weighted by Gasteiger charge is -2.27. The van der Waals surface area contributed by atoms with Gasteiger partial charge in [0.1, 0.15) is 5.82 Å². The Kier molecular flexibility index (Phi) is 4.46. The second-order valence-corrected chi connectivity index (χ2v) is 5.47. The van der Waals surface area contributed by atoms with Crippen LogP contribution in [0.1, 0.15) is 39.3 Å². The summed E-state index contributed by atoms with van der Waals surface area (Å²) in [7, 11) is 0. The number of benzene rings is 1. The summed E-state index contributed by atoms with van der Waals surface area (Å²) in [5.74, 6) is -0.306. The van der Waals surface area contributed by atoms with Gasteiger partial charge in [0.05, 0.1) is 11.6 Å². The predicted molar refractivity (Wildman–Crippen MR) is 70.4 cm³/mol. The van der Waals surface area contributed by atoms with Crippen LogP contribution in [0.25, 0.3) is 0 Å². The Morgan fingerprint density at radius 2 is 1.78 bits per heavy atom. The zero-order chi connectivity index (χ0) is 13.9. The minimum atomic E-state index is -0.923. The summed E-state index contributed by atoms with van der Waals surface area (Å²) in [4.78, 5) is 11.9. The first-order valence-corrected chi connectivity index (χ1v) is 6.07. The first-order valence-electron chi connectivity index (χ1n) is 6.07. The SMILES string of the molecule is CC(C)C(NC(=O)C(C)(C)N)c1ccc(F)cc1. The van der Waals surface area contributed by atoms with Crippen LogP contribution in [0.15, 0.2) is 24.3 Å². The number of carbonyl (C=O) groups is 1. The van der Waals surface area contributed by atoms with Gasteiger partial charge in [0.2, 0.25) is 5.91 Å². The molecule has 1 rings (SSSR count). The monoisotopic (exact) mass is 252 g/mol. The fraction of sp³-hybridized carbons (Fsp3) is 0.500. The first-order chi connectivity index (χ1) is 8.21. The minimum Gasteiger partial charge on any atom is -0.347 e. The third-order valence-electron chi connectivity index (χ3n) is 2.77. The maximum atomic E-state index is 12.9. The Morgan fingerprint density at radius 3 is 2.17 bits per heavy atom. The number of hydrogen-bond donors (Lipinski definition) is 2. The Labute approximate surface area is 108 Å². The normalized spacial score (nSPS) is 13.5. The molecule has 0 spiro atoms. The van der Waals surface area contributed by atoms with E-state index in [1.807, 2.05) is 13.8 Å². The van der Waals surface area contributed by atoms with Gasteiger partial charge in [-0.1, -0.05) is 26.0 Å². The largest absolute Gasteiger partial charge is 0.347 e. The lowest BCUT2D eigenvalue weighted by molar-refractivity contribution is -0.126. The summed E-state index contributed by atoms with van der Waals surface area (Å²) >= 11 is 0. The molecule has 0 bridgehead atoms. The van der Waals surface area contributed by atoms with Crippen LogP contribution < -0.4 is 11.1 Å². The maximum absolute atomic E-state index is 12.9. The zero-order valence-electron chi connectivity index (χ0n) is 11.3. The minimum absolute atomic E-state index is 0.166. The molecule has 1 amide bonds. The molecule has 0 aliphatic heterocycles. The molecule has 0 aromatic heterocycles. The van der Waals surface area contributed by atoms with Gasteiger partial charge in [0, 0.05) is 0 Å². The molecule has 0 aliphatic rings. The van der Waals surface area contributed by atoms with Crippen LogP contribution in [-0.4, -0.2) is 11.4 Å². The highest BCUT2D eigenvalue weighted by molar-refractivity contribution is 5.85. The van der Waals surface area contributed by atoms with Gasteiger partial charge in [-0.05, 0) is 37.5 Å². The molecule has 1 aromatic rings. The third-order valence-corrected chi connectivity index (χ3v) is 2.77. The van der Waals surface area contributed by atoms with E-state index in [0.29, 0.717) is 0 Å². The molecule has 3 N–H and O–H groups in total. The molecule has 18 heavy (non-hydrogen) atoms. The van der Waals surface area contributed by atoms with Gasteiger partial charge in [0.15, 0.2) is 0 Å². The number of carbonyl (C=O) groups excluding carboxylic acids is 1. The number of nitrogens with one attached hydrogen (secondary N) is 1. The molecule has 0 heterocycles. The molecule has 1 atom stereocenters. The van der Waals surface area contributed by atoms with E-state index >= 15 is 0 Å². The molecule has 0 aliphatic carbocycles. The van der Waals surface area contributed by atoms with Gasteiger partial charge in [-0.3, -0.25) is 4.79 Å². The van der Waals surface area contributed by atoms with Crippen LogP contribution in [0.4, 0.5) is 4.39 Å². The summed E-state index contributed by atoms with van der Waals surface area (Å²) in [6, 6.07) is 5.99. The fourth-order valence-electron chi connectivity index (χ4n) is 1.63. The molecule has 4 heteroatoms. The molecular weight excluding hydrogens is 231 g/mol. The van der Waals surface area contributed by atoms with Crippen LogP contribution in [0, 0.1) is 11.7 Å². The first kappa shape index (κ1) is 14.6. The molecular formula is C14H21FN2O. The molecule has 1 aromatic carbocycles. The standard InChI is InChI=1S/C14H21FN2O/c1-9(2)12(17-13(18)14(3,4)16)10-5-7-11(15)8-6-10/h5-9,12H,16H2,1-4H3,(H,17,18). The van der Waals surface area contributed by atoms with Crippen molar-refractivity contribution in [3.63, 3.8) is 0 Å². The van der Waals surface area contributed by atoms with E-state index in [1.54, 1.807) is 26.0 Å². The number of hydrogen-bond acceptors (Lipinski definition) is 2. The Morgan fingerprint density at radius 1 is 1.28 bits per heavy atom. The quantitative estimate of drug-likeness (QED) is 0.864. The van der Waals surface area contributed by atoms with Gasteiger partial charge < -0.3 is 11.1 Å². The van der Waals surface area contributed by atoms with Gasteiger partial charge in [-0.15, -0.1) is 0 Å². The van der Waals surface area contributed by atoms with Crippen molar-refractivity contribution >= 4 is 5.91 Å². The van der Waals surface area contributed by atoms with E-state index in [4.69, 9.17) is 5.73 Å².